The van der Waals surface area contributed by atoms with Crippen molar-refractivity contribution in [1.29, 1.82) is 0 Å². The Hall–Kier alpha value is -0.750. The molecule has 0 radical (unpaired) electrons. The zero-order valence-electron chi connectivity index (χ0n) is 9.57. The first-order valence-electron chi connectivity index (χ1n) is 5.53. The van der Waals surface area contributed by atoms with E-state index >= 15 is 0 Å². The van der Waals surface area contributed by atoms with E-state index in [1.807, 2.05) is 11.4 Å². The molecule has 1 aromatic heterocycles. The summed E-state index contributed by atoms with van der Waals surface area (Å²) in [5, 5.41) is 15.1. The third-order valence-corrected chi connectivity index (χ3v) is 4.50. The Morgan fingerprint density at radius 1 is 1.28 bits per heavy atom. The fraction of sp³-hybridized carbons (Fsp3) is 0.231. The molecule has 0 bridgehead atoms. The lowest BCUT2D eigenvalue weighted by molar-refractivity contribution is 0.174. The summed E-state index contributed by atoms with van der Waals surface area (Å²) < 4.78 is 13.8. The minimum absolute atomic E-state index is 0.290. The molecule has 0 aliphatic rings. The number of aliphatic hydroxyl groups excluding tert-OH is 1. The molecule has 0 saturated heterocycles. The zero-order chi connectivity index (χ0) is 13.0. The highest BCUT2D eigenvalue weighted by Gasteiger charge is 2.08. The predicted octanol–water partition coefficient (Wildman–Crippen LogP) is 3.47. The van der Waals surface area contributed by atoms with Gasteiger partial charge in [-0.2, -0.15) is 0 Å². The standard InChI is InChI=1S/C13H13BrFNOS/c14-11-5-6-18-13(11)8-16-7-12(17)9-1-3-10(15)4-2-9/h1-6,12,16-17H,7-8H2. The number of thiophene rings is 1. The molecule has 96 valence electrons. The van der Waals surface area contributed by atoms with Crippen LogP contribution in [0.25, 0.3) is 0 Å². The van der Waals surface area contributed by atoms with E-state index in [0.717, 1.165) is 4.47 Å². The highest BCUT2D eigenvalue weighted by atomic mass is 79.9. The normalized spacial score (nSPS) is 12.6. The van der Waals surface area contributed by atoms with Crippen LogP contribution in [0, 0.1) is 5.82 Å². The molecule has 0 spiro atoms. The van der Waals surface area contributed by atoms with Crippen molar-refractivity contribution in [1.82, 2.24) is 5.32 Å². The molecule has 0 fully saturated rings. The molecule has 2 nitrogen and oxygen atoms in total. The molecule has 5 heteroatoms. The van der Waals surface area contributed by atoms with Gasteiger partial charge in [-0.15, -0.1) is 11.3 Å². The van der Waals surface area contributed by atoms with E-state index in [-0.39, 0.29) is 5.82 Å². The number of halogens is 2. The van der Waals surface area contributed by atoms with Gasteiger partial charge < -0.3 is 10.4 Å². The van der Waals surface area contributed by atoms with E-state index < -0.39 is 6.10 Å². The summed E-state index contributed by atoms with van der Waals surface area (Å²) in [6, 6.07) is 7.91. The van der Waals surface area contributed by atoms with Crippen molar-refractivity contribution in [2.24, 2.45) is 0 Å². The Bertz CT molecular complexity index is 500. The van der Waals surface area contributed by atoms with Crippen LogP contribution in [-0.4, -0.2) is 11.7 Å². The van der Waals surface area contributed by atoms with Gasteiger partial charge in [0.05, 0.1) is 6.10 Å². The van der Waals surface area contributed by atoms with Crippen LogP contribution in [0.15, 0.2) is 40.2 Å². The predicted molar refractivity (Wildman–Crippen MR) is 75.1 cm³/mol. The maximum absolute atomic E-state index is 12.7. The molecule has 1 heterocycles. The molecule has 1 unspecified atom stereocenters. The second kappa shape index (κ2) is 6.43. The maximum atomic E-state index is 12.7. The maximum Gasteiger partial charge on any atom is 0.123 e. The quantitative estimate of drug-likeness (QED) is 0.880. The average molecular weight is 330 g/mol. The molecule has 2 aromatic rings. The minimum atomic E-state index is -0.621. The van der Waals surface area contributed by atoms with Crippen molar-refractivity contribution in [3.8, 4) is 0 Å². The van der Waals surface area contributed by atoms with E-state index in [1.54, 1.807) is 23.5 Å². The fourth-order valence-electron chi connectivity index (χ4n) is 1.58. The van der Waals surface area contributed by atoms with Crippen molar-refractivity contribution in [2.45, 2.75) is 12.6 Å². The van der Waals surface area contributed by atoms with Gasteiger partial charge in [0, 0.05) is 22.4 Å². The number of aliphatic hydroxyl groups is 1. The van der Waals surface area contributed by atoms with Crippen LogP contribution < -0.4 is 5.32 Å². The van der Waals surface area contributed by atoms with Crippen LogP contribution in [0.5, 0.6) is 0 Å². The molecule has 0 amide bonds. The Balaban J connectivity index is 1.83. The van der Waals surface area contributed by atoms with Gasteiger partial charge >= 0.3 is 0 Å². The molecule has 0 aliphatic carbocycles. The lowest BCUT2D eigenvalue weighted by atomic mass is 10.1. The Morgan fingerprint density at radius 3 is 2.61 bits per heavy atom. The topological polar surface area (TPSA) is 32.3 Å². The third-order valence-electron chi connectivity index (χ3n) is 2.57. The molecule has 1 aromatic carbocycles. The third kappa shape index (κ3) is 3.62. The van der Waals surface area contributed by atoms with Gasteiger partial charge in [-0.1, -0.05) is 12.1 Å². The molecule has 0 aliphatic heterocycles. The summed E-state index contributed by atoms with van der Waals surface area (Å²) in [7, 11) is 0. The summed E-state index contributed by atoms with van der Waals surface area (Å²) in [6.07, 6.45) is -0.621. The summed E-state index contributed by atoms with van der Waals surface area (Å²) in [5.74, 6) is -0.290. The van der Waals surface area contributed by atoms with Crippen molar-refractivity contribution >= 4 is 27.3 Å². The van der Waals surface area contributed by atoms with E-state index in [0.29, 0.717) is 18.7 Å². The van der Waals surface area contributed by atoms with E-state index in [4.69, 9.17) is 0 Å². The molecule has 1 atom stereocenters. The zero-order valence-corrected chi connectivity index (χ0v) is 12.0. The van der Waals surface area contributed by atoms with Crippen LogP contribution in [0.1, 0.15) is 16.5 Å². The van der Waals surface area contributed by atoms with Gasteiger partial charge in [0.2, 0.25) is 0 Å². The van der Waals surface area contributed by atoms with Crippen LogP contribution >= 0.6 is 27.3 Å². The molecule has 2 rings (SSSR count). The van der Waals surface area contributed by atoms with E-state index in [1.165, 1.54) is 17.0 Å². The van der Waals surface area contributed by atoms with Crippen molar-refractivity contribution in [3.63, 3.8) is 0 Å². The first kappa shape index (κ1) is 13.7. The summed E-state index contributed by atoms with van der Waals surface area (Å²) in [4.78, 5) is 1.20. The molecular weight excluding hydrogens is 317 g/mol. The van der Waals surface area contributed by atoms with Gasteiger partial charge in [-0.3, -0.25) is 0 Å². The van der Waals surface area contributed by atoms with Crippen LogP contribution in [0.4, 0.5) is 4.39 Å². The smallest absolute Gasteiger partial charge is 0.123 e. The summed E-state index contributed by atoms with van der Waals surface area (Å²) in [5.41, 5.74) is 0.717. The molecule has 0 saturated carbocycles. The minimum Gasteiger partial charge on any atom is -0.387 e. The SMILES string of the molecule is OC(CNCc1sccc1Br)c1ccc(F)cc1. The van der Waals surface area contributed by atoms with Gasteiger partial charge in [-0.25, -0.2) is 4.39 Å². The number of hydrogen-bond donors (Lipinski definition) is 2. The number of rotatable bonds is 5. The van der Waals surface area contributed by atoms with E-state index in [2.05, 4.69) is 21.2 Å². The van der Waals surface area contributed by atoms with Crippen LogP contribution in [0.2, 0.25) is 0 Å². The van der Waals surface area contributed by atoms with E-state index in [9.17, 15) is 9.50 Å². The number of benzene rings is 1. The first-order chi connectivity index (χ1) is 8.66. The second-order valence-corrected chi connectivity index (χ2v) is 5.74. The fourth-order valence-corrected chi connectivity index (χ4v) is 3.04. The number of hydrogen-bond acceptors (Lipinski definition) is 3. The van der Waals surface area contributed by atoms with Crippen molar-refractivity contribution in [2.75, 3.05) is 6.54 Å². The van der Waals surface area contributed by atoms with Crippen molar-refractivity contribution in [3.05, 3.63) is 56.4 Å². The Morgan fingerprint density at radius 2 is 2.00 bits per heavy atom. The lowest BCUT2D eigenvalue weighted by Crippen LogP contribution is -2.20. The van der Waals surface area contributed by atoms with Gasteiger partial charge in [-0.05, 0) is 45.1 Å². The number of nitrogens with one attached hydrogen (secondary N) is 1. The highest BCUT2D eigenvalue weighted by Crippen LogP contribution is 2.22. The lowest BCUT2D eigenvalue weighted by Gasteiger charge is -2.11. The molecule has 18 heavy (non-hydrogen) atoms. The van der Waals surface area contributed by atoms with Crippen molar-refractivity contribution < 1.29 is 9.50 Å². The molecule has 2 N–H and O–H groups in total. The Labute approximate surface area is 118 Å². The van der Waals surface area contributed by atoms with Gasteiger partial charge in [0.25, 0.3) is 0 Å². The Kier molecular flexibility index (Phi) is 4.88. The summed E-state index contributed by atoms with van der Waals surface area (Å²) in [6.45, 7) is 1.15. The van der Waals surface area contributed by atoms with Crippen LogP contribution in [-0.2, 0) is 6.54 Å². The van der Waals surface area contributed by atoms with Gasteiger partial charge in [0.1, 0.15) is 5.82 Å². The first-order valence-corrected chi connectivity index (χ1v) is 7.20. The monoisotopic (exact) mass is 329 g/mol. The average Bonchev–Trinajstić information content (AvgIpc) is 2.76. The van der Waals surface area contributed by atoms with Crippen LogP contribution in [0.3, 0.4) is 0 Å². The largest absolute Gasteiger partial charge is 0.387 e. The summed E-state index contributed by atoms with van der Waals surface area (Å²) >= 11 is 5.11. The molecular formula is C13H13BrFNOS. The second-order valence-electron chi connectivity index (χ2n) is 3.89. The van der Waals surface area contributed by atoms with Gasteiger partial charge in [0.15, 0.2) is 0 Å². The highest BCUT2D eigenvalue weighted by molar-refractivity contribution is 9.10.